The number of unbranched alkanes of at least 4 members (excludes halogenated alkanes) is 24. The smallest absolute Gasteiger partial charge is 0.160 e. The van der Waals surface area contributed by atoms with Crippen LogP contribution in [0.1, 0.15) is 369 Å². The number of aldehydes is 2. The van der Waals surface area contributed by atoms with E-state index in [9.17, 15) is 9.59 Å². The third kappa shape index (κ3) is 18.4. The first kappa shape index (κ1) is 81.2. The molecule has 0 fully saturated rings. The Kier molecular flexibility index (Phi) is 30.3. The van der Waals surface area contributed by atoms with Gasteiger partial charge in [0, 0.05) is 30.6 Å². The van der Waals surface area contributed by atoms with E-state index in [1.165, 1.54) is 336 Å². The van der Waals surface area contributed by atoms with Crippen molar-refractivity contribution in [3.05, 3.63) is 232 Å². The van der Waals surface area contributed by atoms with E-state index in [0.717, 1.165) is 83.4 Å². The molecule has 2 nitrogen and oxygen atoms in total. The van der Waals surface area contributed by atoms with Gasteiger partial charge in [-0.3, -0.25) is 9.59 Å². The molecule has 10 aromatic rings. The van der Waals surface area contributed by atoms with E-state index >= 15 is 0 Å². The highest BCUT2D eigenvalue weighted by Gasteiger charge is 2.55. The Labute approximate surface area is 668 Å². The van der Waals surface area contributed by atoms with Gasteiger partial charge in [0.15, 0.2) is 12.6 Å². The van der Waals surface area contributed by atoms with Crippen molar-refractivity contribution in [1.29, 1.82) is 0 Å². The topological polar surface area (TPSA) is 34.1 Å². The van der Waals surface area contributed by atoms with Crippen LogP contribution in [0.4, 0.5) is 0 Å². The maximum Gasteiger partial charge on any atom is 0.160 e. The Hall–Kier alpha value is -6.28. The van der Waals surface area contributed by atoms with Crippen molar-refractivity contribution < 1.29 is 9.59 Å². The fraction of sp³-hybridized carbons (Fsp3) is 0.490. The van der Waals surface area contributed by atoms with Crippen molar-refractivity contribution in [3.63, 3.8) is 0 Å². The number of hydrogen-bond acceptors (Lipinski definition) is 6. The van der Waals surface area contributed by atoms with Crippen LogP contribution in [0.15, 0.2) is 133 Å². The van der Waals surface area contributed by atoms with E-state index in [-0.39, 0.29) is 0 Å². The number of aryl methyl sites for hydroxylation is 8. The number of carbonyl (C=O) groups is 2. The van der Waals surface area contributed by atoms with Gasteiger partial charge >= 0.3 is 0 Å². The fourth-order valence-corrected chi connectivity index (χ4v) is 23.3. The van der Waals surface area contributed by atoms with Crippen LogP contribution < -0.4 is 0 Å². The van der Waals surface area contributed by atoms with Gasteiger partial charge in [0.2, 0.25) is 0 Å². The van der Waals surface area contributed by atoms with Crippen molar-refractivity contribution in [2.75, 3.05) is 0 Å². The molecule has 0 radical (unpaired) electrons. The molecular formula is C102H128O2S4. The third-order valence-corrected chi connectivity index (χ3v) is 28.9. The largest absolute Gasteiger partial charge is 0.297 e. The minimum absolute atomic E-state index is 0.698. The second-order valence-electron chi connectivity index (χ2n) is 32.6. The molecule has 0 spiro atoms. The summed E-state index contributed by atoms with van der Waals surface area (Å²) in [5.74, 6) is 0. The van der Waals surface area contributed by atoms with Gasteiger partial charge in [-0.05, 0) is 239 Å². The molecule has 0 saturated carbocycles. The molecule has 6 heteroatoms. The molecular weight excluding hydrogens is 1390 g/mol. The van der Waals surface area contributed by atoms with Crippen LogP contribution in [-0.2, 0) is 62.2 Å². The highest BCUT2D eigenvalue weighted by Crippen LogP contribution is 2.69. The number of hydrogen-bond donors (Lipinski definition) is 0. The predicted octanol–water partition coefficient (Wildman–Crippen LogP) is 31.8. The summed E-state index contributed by atoms with van der Waals surface area (Å²) in [6.45, 7) is 18.8. The summed E-state index contributed by atoms with van der Waals surface area (Å²) in [5.41, 5.74) is 27.1. The zero-order valence-corrected chi connectivity index (χ0v) is 70.9. The number of thiophene rings is 4. The third-order valence-electron chi connectivity index (χ3n) is 24.2. The van der Waals surface area contributed by atoms with E-state index < -0.39 is 10.8 Å². The van der Waals surface area contributed by atoms with E-state index in [2.05, 4.69) is 199 Å². The highest BCUT2D eigenvalue weighted by atomic mass is 32.1. The fourth-order valence-electron chi connectivity index (χ4n) is 18.5. The van der Waals surface area contributed by atoms with Gasteiger partial charge < -0.3 is 0 Å². The molecule has 0 unspecified atom stereocenters. The Bertz CT molecular complexity index is 4000. The van der Waals surface area contributed by atoms with E-state index in [0.29, 0.717) is 0 Å². The van der Waals surface area contributed by atoms with Crippen LogP contribution in [0.2, 0.25) is 0 Å². The zero-order valence-electron chi connectivity index (χ0n) is 67.6. The van der Waals surface area contributed by atoms with Crippen LogP contribution in [-0.4, -0.2) is 12.6 Å². The van der Waals surface area contributed by atoms with E-state index in [1.807, 2.05) is 12.1 Å². The summed E-state index contributed by atoms with van der Waals surface area (Å²) in [7, 11) is 0. The molecule has 572 valence electrons. The van der Waals surface area contributed by atoms with Crippen LogP contribution >= 0.6 is 45.3 Å². The molecule has 4 aromatic heterocycles. The molecule has 0 N–H and O–H groups in total. The molecule has 0 bridgehead atoms. The van der Waals surface area contributed by atoms with Gasteiger partial charge in [-0.25, -0.2) is 0 Å². The Morgan fingerprint density at radius 1 is 0.259 bits per heavy atom. The zero-order chi connectivity index (χ0) is 75.2. The normalized spacial score (nSPS) is 13.2. The lowest BCUT2D eigenvalue weighted by Gasteiger charge is -2.36. The van der Waals surface area contributed by atoms with Gasteiger partial charge in [0.1, 0.15) is 0 Å². The number of carbonyl (C=O) groups excluding carboxylic acids is 2. The van der Waals surface area contributed by atoms with Crippen molar-refractivity contribution in [2.24, 2.45) is 0 Å². The number of rotatable bonds is 48. The molecule has 0 saturated heterocycles. The van der Waals surface area contributed by atoms with Crippen molar-refractivity contribution >= 4 is 67.3 Å². The lowest BCUT2D eigenvalue weighted by Crippen LogP contribution is -2.30. The van der Waals surface area contributed by atoms with Gasteiger partial charge in [-0.1, -0.05) is 307 Å². The average molecular weight is 1510 g/mol. The van der Waals surface area contributed by atoms with Crippen LogP contribution in [0, 0.1) is 0 Å². The Morgan fingerprint density at radius 3 is 0.713 bits per heavy atom. The quantitative estimate of drug-likeness (QED) is 0.0281. The SMILES string of the molecule is CCCCCCc1cc(CCCCCC)cc(C2(c3cc(CCCCCC)cc(CCCCCC)c3)c3cc(-c4ccc(C=O)s4)ccc3-c3sc4c5c(sc4c32)-c2ccc(-c3ccc(C=O)s3)cc2C5(c2cc(CCCCCC)cc(CCCCCC)c2)c2cc(CCCCCC)cc(CCCCCC)c2)c1. The maximum atomic E-state index is 12.7. The summed E-state index contributed by atoms with van der Waals surface area (Å²) in [6, 6.07) is 56.1. The molecule has 0 amide bonds. The summed E-state index contributed by atoms with van der Waals surface area (Å²) in [6.07, 6.45) is 50.0. The lowest BCUT2D eigenvalue weighted by atomic mass is 9.65. The number of fused-ring (bicyclic) bond motifs is 9. The van der Waals surface area contributed by atoms with Crippen molar-refractivity contribution in [2.45, 2.75) is 323 Å². The molecule has 12 rings (SSSR count). The van der Waals surface area contributed by atoms with E-state index in [1.54, 1.807) is 22.7 Å². The minimum atomic E-state index is -0.698. The maximum absolute atomic E-state index is 12.7. The standard InChI is InChI=1S/C102H128O2S4/c1-9-17-25-33-41-73-57-74(42-34-26-18-10-2)62-83(61-73)101(84-63-75(43-35-27-19-11-3)58-76(64-84)44-36-28-20-12-4)91-69-81(93-55-51-87(71-103)105-93)49-53-89(91)97-95(101)99-100(107-97)96-98(108-99)90-54-50-82(94-56-52-88(72-104)106-94)70-92(90)102(96,85-65-77(45-37-29-21-13-5)59-78(66-85)46-38-30-22-14-6)86-67-79(47-39-31-23-15-7)60-80(68-86)48-40-32-24-16-8/h49-72H,9-48H2,1-8H3. The lowest BCUT2D eigenvalue weighted by molar-refractivity contribution is 0.111. The van der Waals surface area contributed by atoms with Gasteiger partial charge in [-0.2, -0.15) is 0 Å². The molecule has 6 aromatic carbocycles. The first-order chi connectivity index (χ1) is 53.1. The average Bonchev–Trinajstić information content (AvgIpc) is 1.49. The van der Waals surface area contributed by atoms with Crippen LogP contribution in [0.25, 0.3) is 51.2 Å². The van der Waals surface area contributed by atoms with Gasteiger partial charge in [0.05, 0.1) is 30.0 Å². The predicted molar refractivity (Wildman–Crippen MR) is 474 cm³/mol. The molecule has 2 aliphatic rings. The van der Waals surface area contributed by atoms with Crippen molar-refractivity contribution in [3.8, 4) is 41.8 Å². The summed E-state index contributed by atoms with van der Waals surface area (Å²) in [5, 5.41) is 0. The first-order valence-corrected chi connectivity index (χ1v) is 46.9. The second kappa shape index (κ2) is 40.3. The number of benzene rings is 6. The van der Waals surface area contributed by atoms with Crippen molar-refractivity contribution in [1.82, 2.24) is 0 Å². The molecule has 108 heavy (non-hydrogen) atoms. The second-order valence-corrected chi connectivity index (χ2v) is 36.8. The van der Waals surface area contributed by atoms with Gasteiger partial charge in [0.25, 0.3) is 0 Å². The first-order valence-electron chi connectivity index (χ1n) is 43.6. The summed E-state index contributed by atoms with van der Waals surface area (Å²) in [4.78, 5) is 32.1. The molecule has 0 aliphatic heterocycles. The summed E-state index contributed by atoms with van der Waals surface area (Å²) >= 11 is 7.52. The van der Waals surface area contributed by atoms with Gasteiger partial charge in [-0.15, -0.1) is 45.3 Å². The highest BCUT2D eigenvalue weighted by molar-refractivity contribution is 7.32. The minimum Gasteiger partial charge on any atom is -0.297 e. The Morgan fingerprint density at radius 2 is 0.500 bits per heavy atom. The van der Waals surface area contributed by atoms with Crippen LogP contribution in [0.5, 0.6) is 0 Å². The molecule has 2 aliphatic carbocycles. The molecule has 0 atom stereocenters. The monoisotopic (exact) mass is 1510 g/mol. The van der Waals surface area contributed by atoms with Crippen LogP contribution in [0.3, 0.4) is 0 Å². The summed E-state index contributed by atoms with van der Waals surface area (Å²) < 4.78 is 2.90. The Balaban J connectivity index is 1.26. The molecule has 4 heterocycles. The van der Waals surface area contributed by atoms with E-state index in [4.69, 9.17) is 0 Å².